The third kappa shape index (κ3) is 3.01. The molecule has 0 aromatic heterocycles. The Morgan fingerprint density at radius 2 is 2.14 bits per heavy atom. The van der Waals surface area contributed by atoms with Gasteiger partial charge in [0, 0.05) is 38.6 Å². The van der Waals surface area contributed by atoms with Crippen molar-refractivity contribution < 1.29 is 4.74 Å². The summed E-state index contributed by atoms with van der Waals surface area (Å²) in [5.74, 6) is 6.81. The van der Waals surface area contributed by atoms with Crippen molar-refractivity contribution in [3.63, 3.8) is 0 Å². The van der Waals surface area contributed by atoms with Crippen molar-refractivity contribution in [3.8, 4) is 11.8 Å². The van der Waals surface area contributed by atoms with Crippen molar-refractivity contribution in [1.29, 1.82) is 0 Å². The zero-order valence-electron chi connectivity index (χ0n) is 9.71. The Kier molecular flexibility index (Phi) is 4.44. The lowest BCUT2D eigenvalue weighted by Crippen LogP contribution is -2.41. The molecule has 0 aromatic rings. The highest BCUT2D eigenvalue weighted by molar-refractivity contribution is 5.07. The van der Waals surface area contributed by atoms with Crippen molar-refractivity contribution in [3.05, 3.63) is 0 Å². The minimum atomic E-state index is 0.255. The molecule has 0 spiro atoms. The molecule has 0 bridgehead atoms. The zero-order valence-corrected chi connectivity index (χ0v) is 9.71. The normalized spacial score (nSPS) is 29.2. The van der Waals surface area contributed by atoms with Gasteiger partial charge in [0.25, 0.3) is 0 Å². The molecule has 2 heteroatoms. The van der Waals surface area contributed by atoms with Gasteiger partial charge in [-0.2, -0.15) is 0 Å². The summed E-state index contributed by atoms with van der Waals surface area (Å²) in [7, 11) is 1.78. The van der Waals surface area contributed by atoms with E-state index in [-0.39, 0.29) is 6.10 Å². The molecule has 80 valence electrons. The van der Waals surface area contributed by atoms with Crippen LogP contribution in [0.15, 0.2) is 0 Å². The van der Waals surface area contributed by atoms with Gasteiger partial charge in [-0.1, -0.05) is 5.92 Å². The van der Waals surface area contributed by atoms with Gasteiger partial charge in [0.15, 0.2) is 0 Å². The van der Waals surface area contributed by atoms with Crippen LogP contribution in [-0.4, -0.2) is 37.2 Å². The van der Waals surface area contributed by atoms with E-state index in [2.05, 4.69) is 37.5 Å². The predicted octanol–water partition coefficient (Wildman–Crippen LogP) is 1.76. The number of nitrogens with zero attached hydrogens (tertiary/aromatic N) is 1. The molecular formula is C12H21NO. The molecule has 1 aliphatic heterocycles. The fourth-order valence-corrected chi connectivity index (χ4v) is 1.75. The van der Waals surface area contributed by atoms with Crippen LogP contribution in [0.4, 0.5) is 0 Å². The number of methoxy groups -OCH3 is 1. The Labute approximate surface area is 87.6 Å². The van der Waals surface area contributed by atoms with Crippen LogP contribution in [0.2, 0.25) is 0 Å². The standard InChI is InChI=1S/C12H21NO/c1-10(2)13-8-6-5-7-11(3)12(9-13)14-4/h10-12H,6,8-9H2,1-4H3. The lowest BCUT2D eigenvalue weighted by atomic mass is 10.0. The van der Waals surface area contributed by atoms with E-state index in [1.54, 1.807) is 7.11 Å². The lowest BCUT2D eigenvalue weighted by Gasteiger charge is -2.32. The molecule has 1 heterocycles. The summed E-state index contributed by atoms with van der Waals surface area (Å²) in [5, 5.41) is 0. The maximum atomic E-state index is 5.48. The summed E-state index contributed by atoms with van der Waals surface area (Å²) < 4.78 is 5.48. The summed E-state index contributed by atoms with van der Waals surface area (Å²) in [6, 6.07) is 0.583. The first-order chi connectivity index (χ1) is 6.65. The average Bonchev–Trinajstić information content (AvgIpc) is 2.12. The Morgan fingerprint density at radius 3 is 2.71 bits per heavy atom. The largest absolute Gasteiger partial charge is 0.379 e. The van der Waals surface area contributed by atoms with E-state index in [9.17, 15) is 0 Å². The minimum Gasteiger partial charge on any atom is -0.379 e. The maximum Gasteiger partial charge on any atom is 0.0832 e. The summed E-state index contributed by atoms with van der Waals surface area (Å²) >= 11 is 0. The van der Waals surface area contributed by atoms with Crippen LogP contribution in [0, 0.1) is 17.8 Å². The first kappa shape index (κ1) is 11.6. The van der Waals surface area contributed by atoms with Crippen LogP contribution < -0.4 is 0 Å². The number of hydrogen-bond donors (Lipinski definition) is 0. The van der Waals surface area contributed by atoms with Gasteiger partial charge in [0.05, 0.1) is 6.10 Å². The van der Waals surface area contributed by atoms with Gasteiger partial charge in [-0.15, -0.1) is 5.92 Å². The van der Waals surface area contributed by atoms with Gasteiger partial charge in [-0.25, -0.2) is 0 Å². The Morgan fingerprint density at radius 1 is 1.43 bits per heavy atom. The fourth-order valence-electron chi connectivity index (χ4n) is 1.75. The summed E-state index contributed by atoms with van der Waals surface area (Å²) in [5.41, 5.74) is 0. The molecule has 0 N–H and O–H groups in total. The van der Waals surface area contributed by atoms with Crippen LogP contribution >= 0.6 is 0 Å². The first-order valence-electron chi connectivity index (χ1n) is 5.40. The summed E-state index contributed by atoms with van der Waals surface area (Å²) in [4.78, 5) is 2.44. The SMILES string of the molecule is COC1CN(C(C)C)CCC#CC1C. The molecule has 1 rings (SSSR count). The minimum absolute atomic E-state index is 0.255. The highest BCUT2D eigenvalue weighted by Gasteiger charge is 2.21. The van der Waals surface area contributed by atoms with Gasteiger partial charge in [0.2, 0.25) is 0 Å². The molecule has 0 amide bonds. The van der Waals surface area contributed by atoms with Crippen LogP contribution in [0.5, 0.6) is 0 Å². The number of hydrogen-bond acceptors (Lipinski definition) is 2. The highest BCUT2D eigenvalue weighted by atomic mass is 16.5. The average molecular weight is 195 g/mol. The Hall–Kier alpha value is -0.520. The van der Waals surface area contributed by atoms with E-state index in [0.717, 1.165) is 19.5 Å². The second-order valence-corrected chi connectivity index (χ2v) is 4.22. The van der Waals surface area contributed by atoms with Crippen LogP contribution in [0.1, 0.15) is 27.2 Å². The molecule has 0 radical (unpaired) electrons. The van der Waals surface area contributed by atoms with Crippen LogP contribution in [0.25, 0.3) is 0 Å². The maximum absolute atomic E-state index is 5.48. The van der Waals surface area contributed by atoms with Gasteiger partial charge < -0.3 is 4.74 Å². The molecule has 0 aromatic carbocycles. The zero-order chi connectivity index (χ0) is 10.6. The third-order valence-electron chi connectivity index (χ3n) is 2.86. The second kappa shape index (κ2) is 5.38. The molecule has 0 fully saturated rings. The topological polar surface area (TPSA) is 12.5 Å². The molecule has 2 atom stereocenters. The smallest absolute Gasteiger partial charge is 0.0832 e. The lowest BCUT2D eigenvalue weighted by molar-refractivity contribution is 0.0329. The summed E-state index contributed by atoms with van der Waals surface area (Å²) in [6.07, 6.45) is 1.24. The van der Waals surface area contributed by atoms with Gasteiger partial charge >= 0.3 is 0 Å². The molecule has 1 aliphatic rings. The molecular weight excluding hydrogens is 174 g/mol. The molecule has 2 nitrogen and oxygen atoms in total. The van der Waals surface area contributed by atoms with Crippen LogP contribution in [-0.2, 0) is 4.74 Å². The summed E-state index contributed by atoms with van der Waals surface area (Å²) in [6.45, 7) is 8.67. The van der Waals surface area contributed by atoms with Gasteiger partial charge in [-0.05, 0) is 20.8 Å². The van der Waals surface area contributed by atoms with E-state index in [1.807, 2.05) is 0 Å². The first-order valence-corrected chi connectivity index (χ1v) is 5.40. The van der Waals surface area contributed by atoms with E-state index in [0.29, 0.717) is 12.0 Å². The van der Waals surface area contributed by atoms with Crippen LogP contribution in [0.3, 0.4) is 0 Å². The van der Waals surface area contributed by atoms with Crippen molar-refractivity contribution in [1.82, 2.24) is 4.90 Å². The molecule has 0 saturated heterocycles. The molecule has 14 heavy (non-hydrogen) atoms. The van der Waals surface area contributed by atoms with E-state index >= 15 is 0 Å². The fraction of sp³-hybridized carbons (Fsp3) is 0.833. The number of rotatable bonds is 2. The quantitative estimate of drug-likeness (QED) is 0.622. The third-order valence-corrected chi connectivity index (χ3v) is 2.86. The number of ether oxygens (including phenoxy) is 1. The molecule has 0 saturated carbocycles. The van der Waals surface area contributed by atoms with Gasteiger partial charge in [-0.3, -0.25) is 4.90 Å². The monoisotopic (exact) mass is 195 g/mol. The van der Waals surface area contributed by atoms with Crippen molar-refractivity contribution in [2.24, 2.45) is 5.92 Å². The Balaban J connectivity index is 2.67. The predicted molar refractivity (Wildman–Crippen MR) is 59.1 cm³/mol. The molecule has 0 aliphatic carbocycles. The van der Waals surface area contributed by atoms with Crippen molar-refractivity contribution in [2.45, 2.75) is 39.3 Å². The van der Waals surface area contributed by atoms with Crippen molar-refractivity contribution in [2.75, 3.05) is 20.2 Å². The van der Waals surface area contributed by atoms with E-state index < -0.39 is 0 Å². The van der Waals surface area contributed by atoms with Gasteiger partial charge in [0.1, 0.15) is 0 Å². The highest BCUT2D eigenvalue weighted by Crippen LogP contribution is 2.12. The van der Waals surface area contributed by atoms with E-state index in [4.69, 9.17) is 4.74 Å². The Bertz CT molecular complexity index is 226. The van der Waals surface area contributed by atoms with E-state index in [1.165, 1.54) is 0 Å². The second-order valence-electron chi connectivity index (χ2n) is 4.22. The van der Waals surface area contributed by atoms with Crippen molar-refractivity contribution >= 4 is 0 Å². The molecule has 2 unspecified atom stereocenters.